The summed E-state index contributed by atoms with van der Waals surface area (Å²) in [6.07, 6.45) is 17.2. The van der Waals surface area contributed by atoms with Gasteiger partial charge < -0.3 is 29.2 Å². The molecule has 378 valence electrons. The molecule has 0 amide bonds. The van der Waals surface area contributed by atoms with Crippen LogP contribution in [0.1, 0.15) is 223 Å². The van der Waals surface area contributed by atoms with Crippen molar-refractivity contribution in [2.24, 2.45) is 23.7 Å². The predicted molar refractivity (Wildman–Crippen MR) is 270 cm³/mol. The summed E-state index contributed by atoms with van der Waals surface area (Å²) in [6, 6.07) is 18.7. The first-order valence-electron chi connectivity index (χ1n) is 24.9. The van der Waals surface area contributed by atoms with Crippen LogP contribution in [-0.4, -0.2) is 72.5 Å². The van der Waals surface area contributed by atoms with Crippen molar-refractivity contribution < 1.29 is 60.8 Å². The molecular weight excluding hydrogens is 865 g/mol. The lowest BCUT2D eigenvalue weighted by Gasteiger charge is -2.08. The molecule has 0 heterocycles. The summed E-state index contributed by atoms with van der Waals surface area (Å²) in [6.45, 7) is 19.4. The molecule has 0 aliphatic carbocycles. The average Bonchev–Trinajstić information content (AvgIpc) is 3.30. The topological polar surface area (TPSA) is 180 Å². The van der Waals surface area contributed by atoms with E-state index in [9.17, 15) is 28.8 Å². The number of rotatable bonds is 30. The highest BCUT2D eigenvalue weighted by atomic mass is 16.5. The molecule has 0 saturated carbocycles. The number of hydrogen-bond acceptors (Lipinski definition) is 10. The van der Waals surface area contributed by atoms with Crippen LogP contribution >= 0.6 is 0 Å². The molecule has 3 aromatic rings. The van der Waals surface area contributed by atoms with Gasteiger partial charge in [-0.25, -0.2) is 28.8 Å². The van der Waals surface area contributed by atoms with Gasteiger partial charge in [-0.05, 0) is 97.9 Å². The van der Waals surface area contributed by atoms with E-state index in [-0.39, 0.29) is 37.9 Å². The van der Waals surface area contributed by atoms with Crippen LogP contribution in [0.3, 0.4) is 0 Å². The molecule has 3 aromatic carbocycles. The lowest BCUT2D eigenvalue weighted by molar-refractivity contribution is 0.0477. The molecule has 0 aliphatic heterocycles. The molecule has 68 heavy (non-hydrogen) atoms. The van der Waals surface area contributed by atoms with E-state index >= 15 is 0 Å². The molecule has 0 spiro atoms. The number of carboxylic acid groups (broad SMARTS) is 2. The van der Waals surface area contributed by atoms with Crippen molar-refractivity contribution in [1.29, 1.82) is 0 Å². The van der Waals surface area contributed by atoms with Crippen LogP contribution in [0.25, 0.3) is 0 Å². The number of carbonyl (C=O) groups excluding carboxylic acids is 4. The van der Waals surface area contributed by atoms with Crippen LogP contribution in [0.2, 0.25) is 0 Å². The first-order chi connectivity index (χ1) is 32.4. The molecule has 0 saturated heterocycles. The van der Waals surface area contributed by atoms with Crippen molar-refractivity contribution >= 4 is 35.8 Å². The highest BCUT2D eigenvalue weighted by Gasteiger charge is 2.16. The monoisotopic (exact) mass is 949 g/mol. The summed E-state index contributed by atoms with van der Waals surface area (Å²) < 4.78 is 21.3. The minimum absolute atomic E-state index is 0. The Labute approximate surface area is 409 Å². The van der Waals surface area contributed by atoms with Gasteiger partial charge in [0.2, 0.25) is 0 Å². The molecule has 12 heteroatoms. The molecule has 0 aromatic heterocycles. The highest BCUT2D eigenvalue weighted by Crippen LogP contribution is 2.15. The van der Waals surface area contributed by atoms with E-state index < -0.39 is 11.9 Å². The summed E-state index contributed by atoms with van der Waals surface area (Å²) in [5.74, 6) is -1.13. The molecule has 12 nitrogen and oxygen atoms in total. The van der Waals surface area contributed by atoms with Crippen molar-refractivity contribution in [3.63, 3.8) is 0 Å². The van der Waals surface area contributed by atoms with Gasteiger partial charge in [-0.3, -0.25) is 0 Å². The maximum atomic E-state index is 12.2. The smallest absolute Gasteiger partial charge is 0.478 e. The lowest BCUT2D eigenvalue weighted by atomic mass is 10.1. The maximum absolute atomic E-state index is 12.2. The Kier molecular flexibility index (Phi) is 32.5. The number of esters is 4. The Bertz CT molecular complexity index is 1700. The number of unbranched alkanes of at least 4 members (excludes halogenated alkanes) is 8. The summed E-state index contributed by atoms with van der Waals surface area (Å²) in [7, 11) is 0. The standard InChI is InChI=1S/2C24H38O4.C8H6O4/c2*1-19(2)12-7-5-9-16-27-23(25)21-14-11-15-22(18-21)24(26)28-17-10-6-8-13-20(3)4;9-7(10)5-3-1-2-4-6(5)8(11)12/h2*11,14-15,18-20H,5-10,12-13,16-17H2,1-4H3;1-4H,(H,9,10)(H,11,12)/p+2. The van der Waals surface area contributed by atoms with Crippen LogP contribution in [-0.2, 0) is 18.9 Å². The minimum atomic E-state index is -1.23. The van der Waals surface area contributed by atoms with Gasteiger partial charge >= 0.3 is 38.7 Å². The third-order valence-electron chi connectivity index (χ3n) is 10.7. The van der Waals surface area contributed by atoms with Crippen LogP contribution < -0.4 is 0 Å². The van der Waals surface area contributed by atoms with E-state index in [1.165, 1.54) is 49.9 Å². The number of carboxylic acids is 2. The fraction of sp³-hybridized carbons (Fsp3) is 0.571. The second-order valence-corrected chi connectivity index (χ2v) is 18.8. The Morgan fingerprint density at radius 3 is 0.809 bits per heavy atom. The zero-order valence-electron chi connectivity index (χ0n) is 44.4. The van der Waals surface area contributed by atoms with Crippen molar-refractivity contribution in [1.82, 2.24) is 0 Å². The molecule has 3 rings (SSSR count). The van der Waals surface area contributed by atoms with Crippen molar-refractivity contribution in [3.8, 4) is 0 Å². The van der Waals surface area contributed by atoms with E-state index in [0.717, 1.165) is 77.0 Å². The number of ether oxygens (including phenoxy) is 4. The second-order valence-electron chi connectivity index (χ2n) is 18.8. The lowest BCUT2D eigenvalue weighted by Crippen LogP contribution is -2.10. The molecule has 0 aliphatic rings. The normalized spacial score (nSPS) is 10.8. The number of hydrogen-bond donors (Lipinski definition) is 2. The van der Waals surface area contributed by atoms with E-state index in [1.54, 1.807) is 48.5 Å². The van der Waals surface area contributed by atoms with E-state index in [2.05, 4.69) is 55.4 Å². The molecule has 0 fully saturated rings. The molecule has 2 N–H and O–H groups in total. The zero-order chi connectivity index (χ0) is 50.7. The maximum Gasteiger partial charge on any atom is 1.00 e. The fourth-order valence-electron chi connectivity index (χ4n) is 6.72. The Morgan fingerprint density at radius 1 is 0.368 bits per heavy atom. The summed E-state index contributed by atoms with van der Waals surface area (Å²) in [4.78, 5) is 69.6. The van der Waals surface area contributed by atoms with Gasteiger partial charge in [0.1, 0.15) is 0 Å². The molecule has 0 unspecified atom stereocenters. The van der Waals surface area contributed by atoms with E-state index in [0.29, 0.717) is 72.4 Å². The third-order valence-corrected chi connectivity index (χ3v) is 10.7. The van der Waals surface area contributed by atoms with Crippen LogP contribution in [0, 0.1) is 23.7 Å². The average molecular weight is 949 g/mol. The predicted octanol–water partition coefficient (Wildman–Crippen LogP) is 14.2. The minimum Gasteiger partial charge on any atom is -0.478 e. The summed E-state index contributed by atoms with van der Waals surface area (Å²) >= 11 is 0. The Balaban J connectivity index is 0. The largest absolute Gasteiger partial charge is 1.00 e. The molecular formula is C56H84O12+2. The third kappa shape index (κ3) is 29.3. The van der Waals surface area contributed by atoms with Crippen LogP contribution in [0.15, 0.2) is 72.8 Å². The Morgan fingerprint density at radius 2 is 0.603 bits per heavy atom. The van der Waals surface area contributed by atoms with Crippen molar-refractivity contribution in [2.75, 3.05) is 26.4 Å². The van der Waals surface area contributed by atoms with Crippen LogP contribution in [0.5, 0.6) is 0 Å². The number of aromatic carboxylic acids is 2. The molecule has 0 atom stereocenters. The summed E-state index contributed by atoms with van der Waals surface area (Å²) in [5.41, 5.74) is 1.21. The molecule has 0 bridgehead atoms. The van der Waals surface area contributed by atoms with Crippen LogP contribution in [0.4, 0.5) is 0 Å². The van der Waals surface area contributed by atoms with Gasteiger partial charge in [0, 0.05) is 0 Å². The number of benzene rings is 3. The van der Waals surface area contributed by atoms with Crippen molar-refractivity contribution in [3.05, 3.63) is 106 Å². The van der Waals surface area contributed by atoms with Gasteiger partial charge in [-0.2, -0.15) is 0 Å². The molecule has 0 radical (unpaired) electrons. The van der Waals surface area contributed by atoms with Gasteiger partial charge in [0.05, 0.1) is 59.8 Å². The van der Waals surface area contributed by atoms with E-state index in [1.807, 2.05) is 0 Å². The zero-order valence-corrected chi connectivity index (χ0v) is 42.4. The number of carbonyl (C=O) groups is 6. The van der Waals surface area contributed by atoms with Crippen molar-refractivity contribution in [2.45, 2.75) is 158 Å². The first-order valence-corrected chi connectivity index (χ1v) is 24.9. The quantitative estimate of drug-likeness (QED) is 0.0367. The van der Waals surface area contributed by atoms with Gasteiger partial charge in [-0.15, -0.1) is 0 Å². The van der Waals surface area contributed by atoms with E-state index in [4.69, 9.17) is 29.2 Å². The first kappa shape index (κ1) is 60.5. The van der Waals surface area contributed by atoms with Gasteiger partial charge in [0.15, 0.2) is 0 Å². The SMILES string of the molecule is CC(C)CCCCCOC(=O)c1cccc(C(=O)OCCCCCC(C)C)c1.CC(C)CCCCCOC(=O)c1cccc(C(=O)OCCCCCC(C)C)c1.O=C(O)c1ccccc1C(=O)O.[H+].[H+]. The van der Waals surface area contributed by atoms with Gasteiger partial charge in [0.25, 0.3) is 0 Å². The Hall–Kier alpha value is -5.52. The fourth-order valence-corrected chi connectivity index (χ4v) is 6.72. The second kappa shape index (κ2) is 36.5. The van der Waals surface area contributed by atoms with Gasteiger partial charge in [-0.1, -0.05) is 157 Å². The highest BCUT2D eigenvalue weighted by molar-refractivity contribution is 6.01. The summed E-state index contributed by atoms with van der Waals surface area (Å²) in [5, 5.41) is 17.1.